The number of hydrogen-bond acceptors (Lipinski definition) is 2. The molecule has 0 spiro atoms. The van der Waals surface area contributed by atoms with Gasteiger partial charge in [-0.3, -0.25) is 0 Å². The Hall–Kier alpha value is -2.84. The number of hydrogen-bond donors (Lipinski definition) is 0. The lowest BCUT2D eigenvalue weighted by Crippen LogP contribution is -1.93. The first-order valence-corrected chi connectivity index (χ1v) is 5.46. The molecule has 0 unspecified atom stereocenters. The van der Waals surface area contributed by atoms with Crippen molar-refractivity contribution in [3.8, 4) is 24.7 Å². The summed E-state index contributed by atoms with van der Waals surface area (Å²) in [5.74, 6) is 5.23. The van der Waals surface area contributed by atoms with E-state index in [9.17, 15) is 0 Å². The van der Waals surface area contributed by atoms with E-state index in [1.54, 1.807) is 12.1 Å². The van der Waals surface area contributed by atoms with Crippen molar-refractivity contribution >= 4 is 22.1 Å². The summed E-state index contributed by atoms with van der Waals surface area (Å²) >= 11 is 0. The maximum Gasteiger partial charge on any atom is 0.106 e. The van der Waals surface area contributed by atoms with E-state index in [4.69, 9.17) is 12.8 Å². The van der Waals surface area contributed by atoms with Crippen LogP contribution in [-0.2, 0) is 0 Å². The second-order valence-corrected chi connectivity index (χ2v) is 3.86. The number of terminal acetylenes is 2. The van der Waals surface area contributed by atoms with Crippen LogP contribution in [0.25, 0.3) is 22.1 Å². The molecule has 0 aliphatic rings. The number of para-hydroxylation sites is 2. The third-order valence-corrected chi connectivity index (χ3v) is 2.81. The molecule has 3 aromatic rings. The predicted molar refractivity (Wildman–Crippen MR) is 72.9 cm³/mol. The molecule has 0 saturated carbocycles. The zero-order valence-corrected chi connectivity index (χ0v) is 9.51. The van der Waals surface area contributed by atoms with Gasteiger partial charge in [0.25, 0.3) is 0 Å². The highest BCUT2D eigenvalue weighted by Gasteiger charge is 2.08. The van der Waals surface area contributed by atoms with Crippen LogP contribution in [0.15, 0.2) is 36.4 Å². The van der Waals surface area contributed by atoms with Crippen molar-refractivity contribution in [3.63, 3.8) is 0 Å². The second-order valence-electron chi connectivity index (χ2n) is 3.86. The molecular weight excluding hydrogens is 220 g/mol. The largest absolute Gasteiger partial charge is 0.243 e. The van der Waals surface area contributed by atoms with Gasteiger partial charge in [0, 0.05) is 0 Å². The monoisotopic (exact) mass is 228 g/mol. The molecule has 3 rings (SSSR count). The highest BCUT2D eigenvalue weighted by atomic mass is 14.8. The lowest BCUT2D eigenvalue weighted by atomic mass is 10.1. The van der Waals surface area contributed by atoms with Crippen LogP contribution in [0, 0.1) is 24.7 Å². The topological polar surface area (TPSA) is 25.8 Å². The minimum atomic E-state index is 0.687. The Morgan fingerprint density at radius 2 is 1.17 bits per heavy atom. The van der Waals surface area contributed by atoms with Gasteiger partial charge in [0.05, 0.1) is 22.2 Å². The minimum absolute atomic E-state index is 0.687. The average molecular weight is 228 g/mol. The fraction of sp³-hybridized carbons (Fsp3) is 0. The molecule has 0 bridgehead atoms. The minimum Gasteiger partial charge on any atom is -0.243 e. The Balaban J connectivity index is 2.57. The van der Waals surface area contributed by atoms with Crippen molar-refractivity contribution in [2.45, 2.75) is 0 Å². The van der Waals surface area contributed by atoms with Crippen LogP contribution >= 0.6 is 0 Å². The third kappa shape index (κ3) is 1.41. The van der Waals surface area contributed by atoms with Crippen LogP contribution < -0.4 is 0 Å². The number of benzene rings is 2. The zero-order chi connectivity index (χ0) is 12.5. The molecule has 2 heteroatoms. The highest BCUT2D eigenvalue weighted by molar-refractivity contribution is 5.92. The van der Waals surface area contributed by atoms with Gasteiger partial charge in [0.1, 0.15) is 11.0 Å². The van der Waals surface area contributed by atoms with E-state index in [1.807, 2.05) is 24.3 Å². The van der Waals surface area contributed by atoms with Crippen LogP contribution in [-0.4, -0.2) is 9.97 Å². The van der Waals surface area contributed by atoms with Gasteiger partial charge in [-0.25, -0.2) is 9.97 Å². The molecule has 0 aliphatic heterocycles. The Kier molecular flexibility index (Phi) is 2.22. The van der Waals surface area contributed by atoms with Crippen molar-refractivity contribution in [2.24, 2.45) is 0 Å². The predicted octanol–water partition coefficient (Wildman–Crippen LogP) is 2.75. The van der Waals surface area contributed by atoms with Gasteiger partial charge < -0.3 is 0 Å². The fourth-order valence-electron chi connectivity index (χ4n) is 1.93. The quantitative estimate of drug-likeness (QED) is 0.437. The molecule has 0 radical (unpaired) electrons. The van der Waals surface area contributed by atoms with Gasteiger partial charge in [-0.15, -0.1) is 12.8 Å². The fourth-order valence-corrected chi connectivity index (χ4v) is 1.93. The van der Waals surface area contributed by atoms with E-state index >= 15 is 0 Å². The molecule has 82 valence electrons. The molecule has 0 saturated heterocycles. The highest BCUT2D eigenvalue weighted by Crippen LogP contribution is 2.21. The normalized spacial score (nSPS) is 10.1. The van der Waals surface area contributed by atoms with Crippen molar-refractivity contribution in [1.29, 1.82) is 0 Å². The summed E-state index contributed by atoms with van der Waals surface area (Å²) in [6.45, 7) is 0. The van der Waals surface area contributed by atoms with Gasteiger partial charge in [0.2, 0.25) is 0 Å². The average Bonchev–Trinajstić information content (AvgIpc) is 2.44. The van der Waals surface area contributed by atoms with Crippen molar-refractivity contribution in [1.82, 2.24) is 9.97 Å². The number of rotatable bonds is 0. The van der Waals surface area contributed by atoms with E-state index in [1.165, 1.54) is 0 Å². The Bertz CT molecular complexity index is 776. The zero-order valence-electron chi connectivity index (χ0n) is 9.51. The summed E-state index contributed by atoms with van der Waals surface area (Å²) in [4.78, 5) is 9.11. The van der Waals surface area contributed by atoms with Gasteiger partial charge in [0.15, 0.2) is 0 Å². The Morgan fingerprint density at radius 1 is 0.722 bits per heavy atom. The molecule has 0 fully saturated rings. The molecule has 2 aromatic carbocycles. The standard InChI is InChI=1S/C16H8N2/c1-3-11-9-10-12(4-2)16-15(11)17-13-7-5-6-8-14(13)18-16/h1-2,5-10H. The van der Waals surface area contributed by atoms with E-state index in [0.29, 0.717) is 22.2 Å². The SMILES string of the molecule is C#Cc1ccc(C#C)c2nc3ccccc3nc12. The van der Waals surface area contributed by atoms with E-state index in [2.05, 4.69) is 21.8 Å². The molecule has 0 aliphatic carbocycles. The van der Waals surface area contributed by atoms with Crippen molar-refractivity contribution < 1.29 is 0 Å². The van der Waals surface area contributed by atoms with Gasteiger partial charge in [-0.2, -0.15) is 0 Å². The van der Waals surface area contributed by atoms with Crippen molar-refractivity contribution in [2.75, 3.05) is 0 Å². The van der Waals surface area contributed by atoms with Crippen LogP contribution in [0.5, 0.6) is 0 Å². The lowest BCUT2D eigenvalue weighted by molar-refractivity contribution is 1.38. The smallest absolute Gasteiger partial charge is 0.106 e. The van der Waals surface area contributed by atoms with E-state index < -0.39 is 0 Å². The van der Waals surface area contributed by atoms with E-state index in [0.717, 1.165) is 11.0 Å². The number of aromatic nitrogens is 2. The number of fused-ring (bicyclic) bond motifs is 2. The molecule has 0 atom stereocenters. The van der Waals surface area contributed by atoms with Gasteiger partial charge in [-0.1, -0.05) is 24.0 Å². The first-order valence-electron chi connectivity index (χ1n) is 5.46. The molecule has 0 amide bonds. The Morgan fingerprint density at radius 3 is 1.56 bits per heavy atom. The van der Waals surface area contributed by atoms with Crippen molar-refractivity contribution in [3.05, 3.63) is 47.5 Å². The molecule has 1 aromatic heterocycles. The van der Waals surface area contributed by atoms with Gasteiger partial charge >= 0.3 is 0 Å². The maximum atomic E-state index is 5.48. The van der Waals surface area contributed by atoms with Gasteiger partial charge in [-0.05, 0) is 24.3 Å². The molecule has 1 heterocycles. The first-order chi connectivity index (χ1) is 8.83. The maximum absolute atomic E-state index is 5.48. The summed E-state index contributed by atoms with van der Waals surface area (Å²) in [6, 6.07) is 11.3. The lowest BCUT2D eigenvalue weighted by Gasteiger charge is -2.04. The third-order valence-electron chi connectivity index (χ3n) is 2.81. The summed E-state index contributed by atoms with van der Waals surface area (Å²) in [5, 5.41) is 0. The first kappa shape index (κ1) is 10.3. The summed E-state index contributed by atoms with van der Waals surface area (Å²) in [7, 11) is 0. The molecule has 2 nitrogen and oxygen atoms in total. The van der Waals surface area contributed by atoms with Crippen LogP contribution in [0.1, 0.15) is 11.1 Å². The molecular formula is C16H8N2. The Labute approximate surface area is 105 Å². The second kappa shape index (κ2) is 3.87. The summed E-state index contributed by atoms with van der Waals surface area (Å²) < 4.78 is 0. The summed E-state index contributed by atoms with van der Waals surface area (Å²) in [5.41, 5.74) is 4.43. The summed E-state index contributed by atoms with van der Waals surface area (Å²) in [6.07, 6.45) is 11.0. The van der Waals surface area contributed by atoms with E-state index in [-0.39, 0.29) is 0 Å². The van der Waals surface area contributed by atoms with Crippen LogP contribution in [0.2, 0.25) is 0 Å². The molecule has 18 heavy (non-hydrogen) atoms. The number of nitrogens with zero attached hydrogens (tertiary/aromatic N) is 2. The van der Waals surface area contributed by atoms with Crippen LogP contribution in [0.3, 0.4) is 0 Å². The van der Waals surface area contributed by atoms with Crippen LogP contribution in [0.4, 0.5) is 0 Å². The molecule has 0 N–H and O–H groups in total.